The average Bonchev–Trinajstić information content (AvgIpc) is 3.56. The number of benzene rings is 3. The Kier molecular flexibility index (Phi) is 7.79. The first-order chi connectivity index (χ1) is 20.2. The molecule has 198 valence electrons. The summed E-state index contributed by atoms with van der Waals surface area (Å²) in [5.74, 6) is 0.706. The Morgan fingerprint density at radius 1 is 0.714 bits per heavy atom. The SMILES string of the molecule is Cc1cc(C)c(-c2cccc3sc4cccnc4c23)[n-]1.[Zn+2].c1ccc2c(N=c3[n-]ccc4ccccc34)nccc2c1. The van der Waals surface area contributed by atoms with E-state index in [1.54, 1.807) is 23.7 Å². The van der Waals surface area contributed by atoms with Gasteiger partial charge in [-0.1, -0.05) is 91.5 Å². The van der Waals surface area contributed by atoms with Crippen molar-refractivity contribution in [2.24, 2.45) is 4.99 Å². The summed E-state index contributed by atoms with van der Waals surface area (Å²) in [7, 11) is 0. The van der Waals surface area contributed by atoms with Gasteiger partial charge in [-0.2, -0.15) is 5.69 Å². The van der Waals surface area contributed by atoms with Crippen molar-refractivity contribution in [1.82, 2.24) is 19.9 Å². The summed E-state index contributed by atoms with van der Waals surface area (Å²) >= 11 is 1.79. The Morgan fingerprint density at radius 3 is 2.29 bits per heavy atom. The van der Waals surface area contributed by atoms with Crippen LogP contribution in [-0.2, 0) is 19.5 Å². The zero-order chi connectivity index (χ0) is 27.8. The molecule has 0 aliphatic rings. The van der Waals surface area contributed by atoms with Gasteiger partial charge in [0.15, 0.2) is 0 Å². The van der Waals surface area contributed by atoms with E-state index in [1.165, 1.54) is 25.9 Å². The third kappa shape index (κ3) is 5.18. The summed E-state index contributed by atoms with van der Waals surface area (Å²) in [4.78, 5) is 22.7. The average molecular weight is 613 g/mol. The Hall–Kier alpha value is -4.45. The minimum absolute atomic E-state index is 0. The maximum absolute atomic E-state index is 4.69. The fourth-order valence-corrected chi connectivity index (χ4v) is 6.36. The molecule has 0 saturated heterocycles. The first kappa shape index (κ1) is 27.7. The van der Waals surface area contributed by atoms with Crippen molar-refractivity contribution < 1.29 is 19.5 Å². The largest absolute Gasteiger partial charge is 2.00 e. The van der Waals surface area contributed by atoms with Gasteiger partial charge in [-0.25, -0.2) is 0 Å². The summed E-state index contributed by atoms with van der Waals surface area (Å²) in [6, 6.07) is 32.9. The predicted molar refractivity (Wildman–Crippen MR) is 170 cm³/mol. The fraction of sp³-hybridized carbons (Fsp3) is 0.0571. The van der Waals surface area contributed by atoms with E-state index in [9.17, 15) is 0 Å². The number of rotatable bonds is 2. The van der Waals surface area contributed by atoms with Crippen LogP contribution in [0.3, 0.4) is 0 Å². The minimum Gasteiger partial charge on any atom is -0.661 e. The van der Waals surface area contributed by atoms with Gasteiger partial charge in [0, 0.05) is 27.9 Å². The smallest absolute Gasteiger partial charge is 0.661 e. The predicted octanol–water partition coefficient (Wildman–Crippen LogP) is 8.27. The molecular formula is C35H25N5SZn. The molecule has 0 aliphatic heterocycles. The number of pyridine rings is 3. The van der Waals surface area contributed by atoms with E-state index in [1.807, 2.05) is 67.7 Å². The van der Waals surface area contributed by atoms with Crippen LogP contribution in [0.1, 0.15) is 11.3 Å². The van der Waals surface area contributed by atoms with Crippen molar-refractivity contribution in [3.63, 3.8) is 0 Å². The monoisotopic (exact) mass is 611 g/mol. The molecule has 8 aromatic rings. The van der Waals surface area contributed by atoms with Gasteiger partial charge < -0.3 is 15.0 Å². The van der Waals surface area contributed by atoms with Gasteiger partial charge in [-0.3, -0.25) is 9.97 Å². The summed E-state index contributed by atoms with van der Waals surface area (Å²) in [6.07, 6.45) is 5.43. The van der Waals surface area contributed by atoms with Gasteiger partial charge in [0.2, 0.25) is 0 Å². The Bertz CT molecular complexity index is 2250. The van der Waals surface area contributed by atoms with Crippen molar-refractivity contribution in [1.29, 1.82) is 0 Å². The van der Waals surface area contributed by atoms with Crippen LogP contribution in [0.15, 0.2) is 121 Å². The molecule has 0 aliphatic carbocycles. The first-order valence-corrected chi connectivity index (χ1v) is 14.2. The molecule has 0 saturated carbocycles. The number of hydrogen-bond donors (Lipinski definition) is 0. The number of nitrogens with zero attached hydrogens (tertiary/aromatic N) is 5. The zero-order valence-corrected chi connectivity index (χ0v) is 27.1. The fourth-order valence-electron chi connectivity index (χ4n) is 5.27. The van der Waals surface area contributed by atoms with E-state index < -0.39 is 0 Å². The Labute approximate surface area is 259 Å². The van der Waals surface area contributed by atoms with E-state index in [-0.39, 0.29) is 19.5 Å². The number of aromatic nitrogens is 4. The molecule has 0 atom stereocenters. The van der Waals surface area contributed by atoms with Crippen LogP contribution in [0.5, 0.6) is 0 Å². The topological polar surface area (TPSA) is 66.3 Å². The third-order valence-electron chi connectivity index (χ3n) is 7.11. The molecular weight excluding hydrogens is 588 g/mol. The van der Waals surface area contributed by atoms with Crippen LogP contribution >= 0.6 is 11.3 Å². The number of fused-ring (bicyclic) bond motifs is 5. The number of thiophene rings is 1. The van der Waals surface area contributed by atoms with Crippen molar-refractivity contribution in [2.75, 3.05) is 0 Å². The van der Waals surface area contributed by atoms with Crippen LogP contribution in [0.4, 0.5) is 5.82 Å². The number of aryl methyl sites for hydroxylation is 2. The van der Waals surface area contributed by atoms with E-state index in [0.29, 0.717) is 11.3 Å². The quantitative estimate of drug-likeness (QED) is 0.184. The molecule has 0 N–H and O–H groups in total. The molecule has 0 amide bonds. The normalized spacial score (nSPS) is 11.5. The number of hydrogen-bond acceptors (Lipinski definition) is 4. The molecule has 0 radical (unpaired) electrons. The Balaban J connectivity index is 0.000000147. The van der Waals surface area contributed by atoms with Crippen molar-refractivity contribution in [3.8, 4) is 11.3 Å². The Morgan fingerprint density at radius 2 is 1.48 bits per heavy atom. The summed E-state index contributed by atoms with van der Waals surface area (Å²) in [6.45, 7) is 4.16. The molecule has 7 heteroatoms. The molecule has 8 rings (SSSR count). The van der Waals surface area contributed by atoms with E-state index in [4.69, 9.17) is 4.98 Å². The second-order valence-corrected chi connectivity index (χ2v) is 11.0. The van der Waals surface area contributed by atoms with Crippen molar-refractivity contribution in [3.05, 3.63) is 132 Å². The van der Waals surface area contributed by atoms with Gasteiger partial charge in [-0.15, -0.1) is 17.0 Å². The molecule has 0 spiro atoms. The molecule has 0 fully saturated rings. The maximum atomic E-state index is 4.69. The molecule has 0 bridgehead atoms. The second kappa shape index (κ2) is 11.8. The van der Waals surface area contributed by atoms with E-state index >= 15 is 0 Å². The summed E-state index contributed by atoms with van der Waals surface area (Å²) < 4.78 is 2.51. The van der Waals surface area contributed by atoms with Gasteiger partial charge in [0.1, 0.15) is 0 Å². The molecule has 3 aromatic carbocycles. The third-order valence-corrected chi connectivity index (χ3v) is 8.22. The van der Waals surface area contributed by atoms with Gasteiger partial charge in [0.05, 0.1) is 16.0 Å². The van der Waals surface area contributed by atoms with E-state index in [0.717, 1.165) is 38.4 Å². The van der Waals surface area contributed by atoms with Gasteiger partial charge >= 0.3 is 19.5 Å². The standard InChI is InChI=1S/C18H12N3.C17H13N2S.Zn/c1-3-7-15-13(5-1)9-11-19-17(15)21-18-16-8-4-2-6-14(16)10-12-20-18;1-10-9-11(2)19-16(10)12-5-3-6-13-15(12)17-14(20-13)7-4-8-18-17;/h1-12H;3-9H,1-2H3;/q2*-1;+2. The molecule has 5 heterocycles. The van der Waals surface area contributed by atoms with Crippen molar-refractivity contribution >= 4 is 59.0 Å². The van der Waals surface area contributed by atoms with Crippen molar-refractivity contribution in [2.45, 2.75) is 13.8 Å². The second-order valence-electron chi connectivity index (χ2n) is 9.88. The van der Waals surface area contributed by atoms with Crippen LogP contribution in [0.2, 0.25) is 0 Å². The van der Waals surface area contributed by atoms with Gasteiger partial charge in [-0.05, 0) is 58.4 Å². The van der Waals surface area contributed by atoms with Crippen LogP contribution in [0, 0.1) is 13.8 Å². The molecule has 5 nitrogen and oxygen atoms in total. The van der Waals surface area contributed by atoms with E-state index in [2.05, 4.69) is 69.3 Å². The molecule has 0 unspecified atom stereocenters. The minimum atomic E-state index is 0. The molecule has 5 aromatic heterocycles. The maximum Gasteiger partial charge on any atom is 2.00 e. The van der Waals surface area contributed by atoms with Gasteiger partial charge in [0.25, 0.3) is 0 Å². The first-order valence-electron chi connectivity index (χ1n) is 13.4. The summed E-state index contributed by atoms with van der Waals surface area (Å²) in [5.41, 5.74) is 6.36. The van der Waals surface area contributed by atoms with Crippen LogP contribution in [-0.4, -0.2) is 9.97 Å². The van der Waals surface area contributed by atoms with Crippen LogP contribution in [0.25, 0.3) is 53.1 Å². The molecule has 42 heavy (non-hydrogen) atoms. The summed E-state index contributed by atoms with van der Waals surface area (Å²) in [5, 5.41) is 5.57. The van der Waals surface area contributed by atoms with Crippen LogP contribution < -0.4 is 15.5 Å². The zero-order valence-electron chi connectivity index (χ0n) is 23.3.